The van der Waals surface area contributed by atoms with E-state index in [2.05, 4.69) is 13.0 Å². The number of Topliss-reactive ketones (excluding diaryl/α,β-unsaturated/α-hetero) is 1. The predicted molar refractivity (Wildman–Crippen MR) is 58.1 cm³/mol. The number of ketones is 1. The fourth-order valence-electron chi connectivity index (χ4n) is 2.45. The Hall–Kier alpha value is -0.590. The third-order valence-corrected chi connectivity index (χ3v) is 3.84. The van der Waals surface area contributed by atoms with Gasteiger partial charge in [0.2, 0.25) is 0 Å². The summed E-state index contributed by atoms with van der Waals surface area (Å²) in [6.07, 6.45) is 11.5. The van der Waals surface area contributed by atoms with Crippen LogP contribution in [0.4, 0.5) is 0 Å². The van der Waals surface area contributed by atoms with Gasteiger partial charge in [0.25, 0.3) is 0 Å². The largest absolute Gasteiger partial charge is 0.294 e. The fraction of sp³-hybridized carbons (Fsp3) is 0.769. The second-order valence-corrected chi connectivity index (χ2v) is 4.79. The molecule has 2 aliphatic carbocycles. The molecular formula is C13H20O. The summed E-state index contributed by atoms with van der Waals surface area (Å²) < 4.78 is 0. The topological polar surface area (TPSA) is 17.1 Å². The minimum absolute atomic E-state index is 0.0934. The molecule has 2 aliphatic rings. The van der Waals surface area contributed by atoms with Crippen molar-refractivity contribution in [3.63, 3.8) is 0 Å². The van der Waals surface area contributed by atoms with Crippen LogP contribution in [-0.4, -0.2) is 5.78 Å². The van der Waals surface area contributed by atoms with Crippen LogP contribution >= 0.6 is 0 Å². The summed E-state index contributed by atoms with van der Waals surface area (Å²) in [5, 5.41) is 0. The van der Waals surface area contributed by atoms with Crippen molar-refractivity contribution in [1.82, 2.24) is 0 Å². The van der Waals surface area contributed by atoms with Crippen LogP contribution in [0.25, 0.3) is 0 Å². The number of allylic oxidation sites excluding steroid dienone is 2. The molecule has 0 radical (unpaired) electrons. The van der Waals surface area contributed by atoms with E-state index in [-0.39, 0.29) is 5.41 Å². The van der Waals surface area contributed by atoms with Gasteiger partial charge in [-0.1, -0.05) is 19.4 Å². The Morgan fingerprint density at radius 1 is 1.36 bits per heavy atom. The zero-order valence-electron chi connectivity index (χ0n) is 9.14. The van der Waals surface area contributed by atoms with Crippen molar-refractivity contribution in [1.29, 1.82) is 0 Å². The monoisotopic (exact) mass is 192 g/mol. The molecule has 0 amide bonds. The van der Waals surface area contributed by atoms with Gasteiger partial charge >= 0.3 is 0 Å². The lowest BCUT2D eigenvalue weighted by atomic mass is 9.90. The quantitative estimate of drug-likeness (QED) is 0.667. The number of rotatable bonds is 3. The summed E-state index contributed by atoms with van der Waals surface area (Å²) in [4.78, 5) is 12.2. The highest BCUT2D eigenvalue weighted by Gasteiger charge is 2.48. The van der Waals surface area contributed by atoms with Crippen LogP contribution in [0.3, 0.4) is 0 Å². The highest BCUT2D eigenvalue weighted by Crippen LogP contribution is 2.51. The lowest BCUT2D eigenvalue weighted by Crippen LogP contribution is -2.17. The van der Waals surface area contributed by atoms with Gasteiger partial charge in [-0.15, -0.1) is 0 Å². The molecule has 0 aromatic carbocycles. The van der Waals surface area contributed by atoms with E-state index in [4.69, 9.17) is 0 Å². The minimum atomic E-state index is 0.0934. The van der Waals surface area contributed by atoms with Crippen LogP contribution < -0.4 is 0 Å². The van der Waals surface area contributed by atoms with E-state index in [0.29, 0.717) is 5.78 Å². The molecule has 2 rings (SSSR count). The van der Waals surface area contributed by atoms with E-state index in [1.807, 2.05) is 0 Å². The predicted octanol–water partition coefficient (Wildman–Crippen LogP) is 3.64. The van der Waals surface area contributed by atoms with Gasteiger partial charge in [-0.05, 0) is 50.5 Å². The number of carbonyl (C=O) groups is 1. The third-order valence-electron chi connectivity index (χ3n) is 3.84. The second kappa shape index (κ2) is 3.88. The van der Waals surface area contributed by atoms with Crippen molar-refractivity contribution in [3.8, 4) is 0 Å². The first kappa shape index (κ1) is 9.95. The first-order valence-electron chi connectivity index (χ1n) is 6.02. The van der Waals surface area contributed by atoms with E-state index >= 15 is 0 Å². The summed E-state index contributed by atoms with van der Waals surface area (Å²) >= 11 is 0. The number of hydrogen-bond donors (Lipinski definition) is 0. The molecule has 0 spiro atoms. The molecule has 0 heterocycles. The summed E-state index contributed by atoms with van der Waals surface area (Å²) in [5.74, 6) is 0.488. The molecule has 0 aliphatic heterocycles. The Bertz CT molecular complexity index is 258. The van der Waals surface area contributed by atoms with Crippen molar-refractivity contribution in [2.75, 3.05) is 0 Å². The standard InChI is InChI=1S/C13H20O/c1-2-13(9-10-13)12(14)11-7-5-3-4-6-8-11/h7H,2-6,8-10H2,1H3. The average Bonchev–Trinajstić information content (AvgIpc) is 3.03. The number of carbonyl (C=O) groups excluding carboxylic acids is 1. The first-order chi connectivity index (χ1) is 6.78. The van der Waals surface area contributed by atoms with Crippen molar-refractivity contribution in [2.24, 2.45) is 5.41 Å². The molecule has 1 nitrogen and oxygen atoms in total. The Morgan fingerprint density at radius 3 is 2.79 bits per heavy atom. The maximum Gasteiger partial charge on any atom is 0.164 e. The summed E-state index contributed by atoms with van der Waals surface area (Å²) in [7, 11) is 0. The lowest BCUT2D eigenvalue weighted by Gasteiger charge is -2.13. The van der Waals surface area contributed by atoms with Gasteiger partial charge in [-0.25, -0.2) is 0 Å². The average molecular weight is 192 g/mol. The normalized spacial score (nSPS) is 25.1. The molecule has 14 heavy (non-hydrogen) atoms. The lowest BCUT2D eigenvalue weighted by molar-refractivity contribution is -0.120. The molecule has 1 heteroatoms. The summed E-state index contributed by atoms with van der Waals surface area (Å²) in [6.45, 7) is 2.15. The molecule has 0 saturated heterocycles. The second-order valence-electron chi connectivity index (χ2n) is 4.79. The molecule has 1 saturated carbocycles. The maximum absolute atomic E-state index is 12.2. The van der Waals surface area contributed by atoms with Crippen molar-refractivity contribution >= 4 is 5.78 Å². The van der Waals surface area contributed by atoms with Gasteiger partial charge in [-0.2, -0.15) is 0 Å². The fourth-order valence-corrected chi connectivity index (χ4v) is 2.45. The molecule has 0 aromatic rings. The van der Waals surface area contributed by atoms with Gasteiger partial charge < -0.3 is 0 Å². The van der Waals surface area contributed by atoms with Crippen LogP contribution in [-0.2, 0) is 4.79 Å². The Morgan fingerprint density at radius 2 is 2.14 bits per heavy atom. The van der Waals surface area contributed by atoms with Gasteiger partial charge in [0.05, 0.1) is 0 Å². The molecule has 0 aromatic heterocycles. The van der Waals surface area contributed by atoms with Crippen molar-refractivity contribution in [3.05, 3.63) is 11.6 Å². The van der Waals surface area contributed by atoms with E-state index in [1.165, 1.54) is 19.3 Å². The van der Waals surface area contributed by atoms with Crippen molar-refractivity contribution < 1.29 is 4.79 Å². The highest BCUT2D eigenvalue weighted by molar-refractivity contribution is 6.01. The molecule has 0 unspecified atom stereocenters. The molecule has 0 bridgehead atoms. The number of hydrogen-bond acceptors (Lipinski definition) is 1. The molecular weight excluding hydrogens is 172 g/mol. The molecule has 0 N–H and O–H groups in total. The highest BCUT2D eigenvalue weighted by atomic mass is 16.1. The van der Waals surface area contributed by atoms with Gasteiger partial charge in [0.15, 0.2) is 5.78 Å². The molecule has 1 fully saturated rings. The summed E-state index contributed by atoms with van der Waals surface area (Å²) in [6, 6.07) is 0. The van der Waals surface area contributed by atoms with Gasteiger partial charge in [0, 0.05) is 5.41 Å². The zero-order valence-corrected chi connectivity index (χ0v) is 9.14. The van der Waals surface area contributed by atoms with E-state index in [0.717, 1.165) is 37.7 Å². The van der Waals surface area contributed by atoms with Crippen LogP contribution in [0, 0.1) is 5.41 Å². The van der Waals surface area contributed by atoms with Crippen LogP contribution in [0.5, 0.6) is 0 Å². The van der Waals surface area contributed by atoms with Crippen LogP contribution in [0.2, 0.25) is 0 Å². The smallest absolute Gasteiger partial charge is 0.164 e. The Balaban J connectivity index is 2.06. The Kier molecular flexibility index (Phi) is 2.76. The minimum Gasteiger partial charge on any atom is -0.294 e. The summed E-state index contributed by atoms with van der Waals surface area (Å²) in [5.41, 5.74) is 1.25. The SMILES string of the molecule is CCC1(C(=O)C2=CCCCCC2)CC1. The van der Waals surface area contributed by atoms with E-state index < -0.39 is 0 Å². The van der Waals surface area contributed by atoms with E-state index in [9.17, 15) is 4.79 Å². The van der Waals surface area contributed by atoms with Gasteiger partial charge in [-0.3, -0.25) is 4.79 Å². The first-order valence-corrected chi connectivity index (χ1v) is 6.02. The van der Waals surface area contributed by atoms with E-state index in [1.54, 1.807) is 0 Å². The molecule has 78 valence electrons. The maximum atomic E-state index is 12.2. The van der Waals surface area contributed by atoms with Crippen LogP contribution in [0.1, 0.15) is 58.3 Å². The van der Waals surface area contributed by atoms with Gasteiger partial charge in [0.1, 0.15) is 0 Å². The van der Waals surface area contributed by atoms with Crippen molar-refractivity contribution in [2.45, 2.75) is 58.3 Å². The third kappa shape index (κ3) is 1.77. The Labute approximate surface area is 86.6 Å². The molecule has 0 atom stereocenters. The zero-order chi connectivity index (χ0) is 10.0. The van der Waals surface area contributed by atoms with Crippen LogP contribution in [0.15, 0.2) is 11.6 Å².